The molecule has 0 aromatic heterocycles. The van der Waals surface area contributed by atoms with Crippen LogP contribution in [-0.4, -0.2) is 25.9 Å². The Hall–Kier alpha value is -1.75. The summed E-state index contributed by atoms with van der Waals surface area (Å²) in [5.41, 5.74) is 7.02. The number of primary amides is 1. The fourth-order valence-corrected chi connectivity index (χ4v) is 2.21. The molecular formula is C14H20N2O3. The van der Waals surface area contributed by atoms with Crippen molar-refractivity contribution in [3.8, 4) is 0 Å². The molecule has 2 aliphatic rings. The molecule has 1 unspecified atom stereocenters. The molecule has 3 rings (SSSR count). The molecule has 1 aromatic rings. The van der Waals surface area contributed by atoms with Crippen molar-refractivity contribution in [2.75, 3.05) is 25.1 Å². The number of rotatable bonds is 1. The summed E-state index contributed by atoms with van der Waals surface area (Å²) in [6, 6.07) is 7.77. The molecule has 5 heteroatoms. The average Bonchev–Trinajstić information content (AvgIpc) is 2.98. The molecule has 0 radical (unpaired) electrons. The van der Waals surface area contributed by atoms with Gasteiger partial charge in [0.25, 0.3) is 0 Å². The van der Waals surface area contributed by atoms with Crippen LogP contribution in [0.15, 0.2) is 24.3 Å². The van der Waals surface area contributed by atoms with Gasteiger partial charge < -0.3 is 20.5 Å². The standard InChI is InChI=1S/C10H12N2O2.C4H8O/c11-10(13)14-9-5-6-12-8-4-2-1-3-7(8)9;1-2-4-5-3-1/h1-4,9,12H,5-6H2,(H2,11,13);1-4H2. The van der Waals surface area contributed by atoms with Crippen LogP contribution >= 0.6 is 0 Å². The summed E-state index contributed by atoms with van der Waals surface area (Å²) in [5, 5.41) is 3.23. The molecular weight excluding hydrogens is 244 g/mol. The smallest absolute Gasteiger partial charge is 0.405 e. The number of fused-ring (bicyclic) bond motifs is 1. The third-order valence-electron chi connectivity index (χ3n) is 3.12. The van der Waals surface area contributed by atoms with Gasteiger partial charge in [-0.15, -0.1) is 0 Å². The van der Waals surface area contributed by atoms with Crippen LogP contribution in [0.25, 0.3) is 0 Å². The molecule has 19 heavy (non-hydrogen) atoms. The zero-order chi connectivity index (χ0) is 13.5. The Kier molecular flexibility index (Phi) is 5.03. The van der Waals surface area contributed by atoms with E-state index in [1.807, 2.05) is 24.3 Å². The summed E-state index contributed by atoms with van der Waals surface area (Å²) >= 11 is 0. The fraction of sp³-hybridized carbons (Fsp3) is 0.500. The summed E-state index contributed by atoms with van der Waals surface area (Å²) in [6.45, 7) is 2.80. The number of amides is 1. The van der Waals surface area contributed by atoms with E-state index in [0.717, 1.165) is 37.4 Å². The van der Waals surface area contributed by atoms with Gasteiger partial charge in [-0.25, -0.2) is 4.79 Å². The van der Waals surface area contributed by atoms with Gasteiger partial charge >= 0.3 is 6.09 Å². The lowest BCUT2D eigenvalue weighted by molar-refractivity contribution is 0.102. The van der Waals surface area contributed by atoms with Crippen molar-refractivity contribution in [1.29, 1.82) is 0 Å². The highest BCUT2D eigenvalue weighted by Crippen LogP contribution is 2.31. The van der Waals surface area contributed by atoms with Crippen molar-refractivity contribution in [1.82, 2.24) is 0 Å². The third kappa shape index (κ3) is 4.13. The molecule has 1 saturated heterocycles. The first-order valence-electron chi connectivity index (χ1n) is 6.64. The van der Waals surface area contributed by atoms with Crippen LogP contribution in [0.5, 0.6) is 0 Å². The number of nitrogens with one attached hydrogen (secondary N) is 1. The lowest BCUT2D eigenvalue weighted by atomic mass is 10.0. The van der Waals surface area contributed by atoms with E-state index in [9.17, 15) is 4.79 Å². The highest BCUT2D eigenvalue weighted by molar-refractivity contribution is 5.66. The van der Waals surface area contributed by atoms with E-state index in [-0.39, 0.29) is 6.10 Å². The number of nitrogens with two attached hydrogens (primary N) is 1. The highest BCUT2D eigenvalue weighted by atomic mass is 16.6. The van der Waals surface area contributed by atoms with E-state index < -0.39 is 6.09 Å². The third-order valence-corrected chi connectivity index (χ3v) is 3.12. The molecule has 0 bridgehead atoms. The predicted molar refractivity (Wildman–Crippen MR) is 73.0 cm³/mol. The second-order valence-electron chi connectivity index (χ2n) is 4.55. The second-order valence-corrected chi connectivity index (χ2v) is 4.55. The Balaban J connectivity index is 0.000000224. The normalized spacial score (nSPS) is 20.5. The molecule has 2 aliphatic heterocycles. The van der Waals surface area contributed by atoms with Gasteiger partial charge in [0.05, 0.1) is 0 Å². The predicted octanol–water partition coefficient (Wildman–Crippen LogP) is 2.44. The quantitative estimate of drug-likeness (QED) is 0.817. The Morgan fingerprint density at radius 2 is 2.05 bits per heavy atom. The van der Waals surface area contributed by atoms with Crippen LogP contribution in [0.2, 0.25) is 0 Å². The van der Waals surface area contributed by atoms with Crippen LogP contribution in [-0.2, 0) is 9.47 Å². The maximum Gasteiger partial charge on any atom is 0.405 e. The minimum atomic E-state index is -0.716. The van der Waals surface area contributed by atoms with Crippen molar-refractivity contribution < 1.29 is 14.3 Å². The maximum atomic E-state index is 10.7. The monoisotopic (exact) mass is 264 g/mol. The van der Waals surface area contributed by atoms with Crippen LogP contribution in [0.3, 0.4) is 0 Å². The van der Waals surface area contributed by atoms with E-state index in [2.05, 4.69) is 5.32 Å². The van der Waals surface area contributed by atoms with Gasteiger partial charge in [-0.3, -0.25) is 0 Å². The van der Waals surface area contributed by atoms with Gasteiger partial charge in [0.2, 0.25) is 0 Å². The topological polar surface area (TPSA) is 73.6 Å². The van der Waals surface area contributed by atoms with E-state index in [4.69, 9.17) is 15.2 Å². The van der Waals surface area contributed by atoms with Gasteiger partial charge in [0.1, 0.15) is 6.10 Å². The molecule has 0 aliphatic carbocycles. The second kappa shape index (κ2) is 6.99. The molecule has 2 heterocycles. The zero-order valence-electron chi connectivity index (χ0n) is 10.9. The SMILES string of the molecule is C1CCOC1.NC(=O)OC1CCNc2ccccc21. The number of anilines is 1. The van der Waals surface area contributed by atoms with E-state index in [0.29, 0.717) is 0 Å². The molecule has 1 atom stereocenters. The first-order valence-corrected chi connectivity index (χ1v) is 6.64. The molecule has 5 nitrogen and oxygen atoms in total. The summed E-state index contributed by atoms with van der Waals surface area (Å²) in [5.74, 6) is 0. The van der Waals surface area contributed by atoms with E-state index in [1.54, 1.807) is 0 Å². The van der Waals surface area contributed by atoms with Crippen LogP contribution in [0.4, 0.5) is 10.5 Å². The van der Waals surface area contributed by atoms with E-state index in [1.165, 1.54) is 12.8 Å². The van der Waals surface area contributed by atoms with Gasteiger partial charge in [-0.2, -0.15) is 0 Å². The van der Waals surface area contributed by atoms with Crippen molar-refractivity contribution in [3.05, 3.63) is 29.8 Å². The van der Waals surface area contributed by atoms with Crippen LogP contribution in [0, 0.1) is 0 Å². The summed E-state index contributed by atoms with van der Waals surface area (Å²) < 4.78 is 9.96. The molecule has 1 fully saturated rings. The number of hydrogen-bond acceptors (Lipinski definition) is 4. The van der Waals surface area contributed by atoms with Gasteiger partial charge in [-0.05, 0) is 18.9 Å². The van der Waals surface area contributed by atoms with E-state index >= 15 is 0 Å². The number of ether oxygens (including phenoxy) is 2. The number of para-hydroxylation sites is 1. The van der Waals surface area contributed by atoms with Crippen molar-refractivity contribution in [2.24, 2.45) is 5.73 Å². The lowest BCUT2D eigenvalue weighted by Gasteiger charge is -2.25. The first-order chi connectivity index (χ1) is 9.27. The minimum Gasteiger partial charge on any atom is -0.441 e. The number of carbonyl (C=O) groups excluding carboxylic acids is 1. The van der Waals surface area contributed by atoms with Crippen molar-refractivity contribution >= 4 is 11.8 Å². The highest BCUT2D eigenvalue weighted by Gasteiger charge is 2.21. The summed E-state index contributed by atoms with van der Waals surface area (Å²) in [7, 11) is 0. The van der Waals surface area contributed by atoms with Crippen molar-refractivity contribution in [3.63, 3.8) is 0 Å². The first kappa shape index (κ1) is 13.7. The van der Waals surface area contributed by atoms with Crippen LogP contribution in [0.1, 0.15) is 30.9 Å². The Labute approximate surface area is 113 Å². The Bertz CT molecular complexity index is 411. The maximum absolute atomic E-state index is 10.7. The zero-order valence-corrected chi connectivity index (χ0v) is 10.9. The van der Waals surface area contributed by atoms with Gasteiger partial charge in [0, 0.05) is 37.4 Å². The number of hydrogen-bond donors (Lipinski definition) is 2. The molecule has 0 saturated carbocycles. The fourth-order valence-electron chi connectivity index (χ4n) is 2.21. The number of benzene rings is 1. The molecule has 3 N–H and O–H groups in total. The summed E-state index contributed by atoms with van der Waals surface area (Å²) in [6.07, 6.45) is 2.40. The lowest BCUT2D eigenvalue weighted by Crippen LogP contribution is -2.23. The average molecular weight is 264 g/mol. The molecule has 1 amide bonds. The van der Waals surface area contributed by atoms with Gasteiger partial charge in [0.15, 0.2) is 0 Å². The number of carbonyl (C=O) groups is 1. The Morgan fingerprint density at radius 1 is 1.32 bits per heavy atom. The largest absolute Gasteiger partial charge is 0.441 e. The molecule has 104 valence electrons. The molecule has 0 spiro atoms. The summed E-state index contributed by atoms with van der Waals surface area (Å²) in [4.78, 5) is 10.7. The van der Waals surface area contributed by atoms with Crippen molar-refractivity contribution in [2.45, 2.75) is 25.4 Å². The molecule has 1 aromatic carbocycles. The Morgan fingerprint density at radius 3 is 2.68 bits per heavy atom. The minimum absolute atomic E-state index is 0.204. The van der Waals surface area contributed by atoms with Gasteiger partial charge in [-0.1, -0.05) is 18.2 Å². The van der Waals surface area contributed by atoms with Crippen LogP contribution < -0.4 is 11.1 Å².